The maximum absolute atomic E-state index is 11.3. The number of amides is 1. The van der Waals surface area contributed by atoms with Gasteiger partial charge in [0.05, 0.1) is 11.3 Å². The number of benzene rings is 1. The number of carbonyl (C=O) groups is 2. The van der Waals surface area contributed by atoms with Gasteiger partial charge in [-0.1, -0.05) is 11.6 Å². The average molecular weight is 311 g/mol. The number of rotatable bonds is 4. The van der Waals surface area contributed by atoms with Crippen molar-refractivity contribution in [3.8, 4) is 0 Å². The Morgan fingerprint density at radius 3 is 2.62 bits per heavy atom. The highest BCUT2D eigenvalue weighted by molar-refractivity contribution is 6.31. The first-order valence-corrected chi connectivity index (χ1v) is 7.37. The van der Waals surface area contributed by atoms with E-state index in [0.717, 1.165) is 25.9 Å². The summed E-state index contributed by atoms with van der Waals surface area (Å²) in [5.41, 5.74) is 0.952. The summed E-state index contributed by atoms with van der Waals surface area (Å²) in [4.78, 5) is 24.3. The van der Waals surface area contributed by atoms with Gasteiger partial charge < -0.3 is 15.3 Å². The molecule has 0 radical (unpaired) electrons. The van der Waals surface area contributed by atoms with E-state index in [-0.39, 0.29) is 11.5 Å². The highest BCUT2D eigenvalue weighted by Gasteiger charge is 2.23. The molecule has 0 bridgehead atoms. The molecule has 2 rings (SSSR count). The van der Waals surface area contributed by atoms with Crippen molar-refractivity contribution < 1.29 is 14.7 Å². The van der Waals surface area contributed by atoms with Crippen molar-refractivity contribution in [3.63, 3.8) is 0 Å². The summed E-state index contributed by atoms with van der Waals surface area (Å²) in [6, 6.07) is 4.97. The van der Waals surface area contributed by atoms with E-state index in [0.29, 0.717) is 23.2 Å². The van der Waals surface area contributed by atoms with Crippen LogP contribution in [0.25, 0.3) is 0 Å². The summed E-state index contributed by atoms with van der Waals surface area (Å²) in [5, 5.41) is 12.6. The van der Waals surface area contributed by atoms with Gasteiger partial charge in [-0.15, -0.1) is 0 Å². The minimum Gasteiger partial charge on any atom is -0.478 e. The van der Waals surface area contributed by atoms with Gasteiger partial charge in [-0.05, 0) is 37.0 Å². The van der Waals surface area contributed by atoms with Crippen LogP contribution in [0.2, 0.25) is 5.02 Å². The van der Waals surface area contributed by atoms with Crippen LogP contribution in [0.1, 0.15) is 30.1 Å². The molecule has 1 amide bonds. The maximum atomic E-state index is 11.3. The predicted molar refractivity (Wildman–Crippen MR) is 82.0 cm³/mol. The predicted octanol–water partition coefficient (Wildman–Crippen LogP) is 2.39. The van der Waals surface area contributed by atoms with Crippen LogP contribution in [-0.2, 0) is 4.79 Å². The van der Waals surface area contributed by atoms with Crippen LogP contribution in [0, 0.1) is 5.92 Å². The normalized spacial score (nSPS) is 15.8. The SMILES string of the molecule is CC(=O)NCC1CCN(c2ccc(Cl)cc2C(=O)O)CC1. The molecule has 21 heavy (non-hydrogen) atoms. The fourth-order valence-corrected chi connectivity index (χ4v) is 2.79. The zero-order valence-electron chi connectivity index (χ0n) is 11.9. The van der Waals surface area contributed by atoms with Gasteiger partial charge in [-0.2, -0.15) is 0 Å². The summed E-state index contributed by atoms with van der Waals surface area (Å²) >= 11 is 5.87. The van der Waals surface area contributed by atoms with Crippen molar-refractivity contribution in [2.75, 3.05) is 24.5 Å². The molecule has 1 fully saturated rings. The zero-order chi connectivity index (χ0) is 15.4. The molecule has 2 N–H and O–H groups in total. The monoisotopic (exact) mass is 310 g/mol. The number of nitrogens with zero attached hydrogens (tertiary/aromatic N) is 1. The second-order valence-corrected chi connectivity index (χ2v) is 5.77. The minimum atomic E-state index is -0.965. The highest BCUT2D eigenvalue weighted by Crippen LogP contribution is 2.28. The molecule has 114 valence electrons. The first kappa shape index (κ1) is 15.6. The molecule has 0 spiro atoms. The van der Waals surface area contributed by atoms with Crippen molar-refractivity contribution in [1.29, 1.82) is 0 Å². The summed E-state index contributed by atoms with van der Waals surface area (Å²) in [6.07, 6.45) is 1.87. The van der Waals surface area contributed by atoms with E-state index in [4.69, 9.17) is 11.6 Å². The molecule has 5 nitrogen and oxygen atoms in total. The Balaban J connectivity index is 2.02. The van der Waals surface area contributed by atoms with Gasteiger partial charge in [0.25, 0.3) is 0 Å². The lowest BCUT2D eigenvalue weighted by Crippen LogP contribution is -2.38. The highest BCUT2D eigenvalue weighted by atomic mass is 35.5. The zero-order valence-corrected chi connectivity index (χ0v) is 12.7. The number of halogens is 1. The molecule has 1 aromatic carbocycles. The Kier molecular flexibility index (Phi) is 5.07. The molecule has 0 atom stereocenters. The van der Waals surface area contributed by atoms with Crippen LogP contribution < -0.4 is 10.2 Å². The number of piperidine rings is 1. The van der Waals surface area contributed by atoms with Crippen LogP contribution >= 0.6 is 11.6 Å². The topological polar surface area (TPSA) is 69.6 Å². The van der Waals surface area contributed by atoms with E-state index in [1.54, 1.807) is 12.1 Å². The number of anilines is 1. The maximum Gasteiger partial charge on any atom is 0.337 e. The van der Waals surface area contributed by atoms with Gasteiger partial charge in [-0.3, -0.25) is 4.79 Å². The largest absolute Gasteiger partial charge is 0.478 e. The van der Waals surface area contributed by atoms with E-state index >= 15 is 0 Å². The Morgan fingerprint density at radius 1 is 1.38 bits per heavy atom. The Bertz CT molecular complexity index is 540. The first-order valence-electron chi connectivity index (χ1n) is 6.99. The van der Waals surface area contributed by atoms with Crippen molar-refractivity contribution in [1.82, 2.24) is 5.32 Å². The van der Waals surface area contributed by atoms with Gasteiger partial charge >= 0.3 is 5.97 Å². The minimum absolute atomic E-state index is 0.0108. The van der Waals surface area contributed by atoms with E-state index in [1.165, 1.54) is 13.0 Å². The molecule has 1 aromatic rings. The number of aromatic carboxylic acids is 1. The third kappa shape index (κ3) is 4.11. The second-order valence-electron chi connectivity index (χ2n) is 5.33. The molecule has 0 saturated carbocycles. The molecule has 1 aliphatic heterocycles. The Hall–Kier alpha value is -1.75. The molecule has 0 aliphatic carbocycles. The van der Waals surface area contributed by atoms with Crippen molar-refractivity contribution in [3.05, 3.63) is 28.8 Å². The standard InChI is InChI=1S/C15H19ClN2O3/c1-10(19)17-9-11-4-6-18(7-5-11)14-3-2-12(16)8-13(14)15(20)21/h2-3,8,11H,4-7,9H2,1H3,(H,17,19)(H,20,21). The van der Waals surface area contributed by atoms with Crippen LogP contribution in [0.15, 0.2) is 18.2 Å². The van der Waals surface area contributed by atoms with Gasteiger partial charge in [0.1, 0.15) is 0 Å². The number of hydrogen-bond acceptors (Lipinski definition) is 3. The molecular formula is C15H19ClN2O3. The number of hydrogen-bond donors (Lipinski definition) is 2. The quantitative estimate of drug-likeness (QED) is 0.896. The molecule has 1 aliphatic rings. The van der Waals surface area contributed by atoms with Crippen molar-refractivity contribution in [2.45, 2.75) is 19.8 Å². The van der Waals surface area contributed by atoms with Gasteiger partial charge in [0.15, 0.2) is 0 Å². The first-order chi connectivity index (χ1) is 9.97. The third-order valence-corrected chi connectivity index (χ3v) is 4.02. The lowest BCUT2D eigenvalue weighted by Gasteiger charge is -2.34. The smallest absolute Gasteiger partial charge is 0.337 e. The van der Waals surface area contributed by atoms with E-state index < -0.39 is 5.97 Å². The fraction of sp³-hybridized carbons (Fsp3) is 0.467. The molecule has 0 unspecified atom stereocenters. The number of carboxylic acid groups (broad SMARTS) is 1. The molecule has 1 saturated heterocycles. The Labute approximate surface area is 128 Å². The molecular weight excluding hydrogens is 292 g/mol. The summed E-state index contributed by atoms with van der Waals surface area (Å²) < 4.78 is 0. The number of carboxylic acids is 1. The fourth-order valence-electron chi connectivity index (χ4n) is 2.62. The number of nitrogens with one attached hydrogen (secondary N) is 1. The van der Waals surface area contributed by atoms with Gasteiger partial charge in [0.2, 0.25) is 5.91 Å². The van der Waals surface area contributed by atoms with Crippen molar-refractivity contribution in [2.24, 2.45) is 5.92 Å². The summed E-state index contributed by atoms with van der Waals surface area (Å²) in [6.45, 7) is 3.77. The number of carbonyl (C=O) groups excluding carboxylic acids is 1. The van der Waals surface area contributed by atoms with E-state index in [1.807, 2.05) is 0 Å². The lowest BCUT2D eigenvalue weighted by molar-refractivity contribution is -0.119. The summed E-state index contributed by atoms with van der Waals surface area (Å²) in [5.74, 6) is -0.526. The molecule has 1 heterocycles. The van der Waals surface area contributed by atoms with Gasteiger partial charge in [0, 0.05) is 31.6 Å². The van der Waals surface area contributed by atoms with Crippen LogP contribution in [0.5, 0.6) is 0 Å². The third-order valence-electron chi connectivity index (χ3n) is 3.78. The summed E-state index contributed by atoms with van der Waals surface area (Å²) in [7, 11) is 0. The molecule has 6 heteroatoms. The molecule has 0 aromatic heterocycles. The van der Waals surface area contributed by atoms with Crippen LogP contribution in [0.3, 0.4) is 0 Å². The van der Waals surface area contributed by atoms with E-state index in [2.05, 4.69) is 10.2 Å². The average Bonchev–Trinajstić information content (AvgIpc) is 2.45. The second kappa shape index (κ2) is 6.80. The van der Waals surface area contributed by atoms with Crippen LogP contribution in [-0.4, -0.2) is 36.6 Å². The van der Waals surface area contributed by atoms with E-state index in [9.17, 15) is 14.7 Å². The Morgan fingerprint density at radius 2 is 2.05 bits per heavy atom. The lowest BCUT2D eigenvalue weighted by atomic mass is 9.96. The van der Waals surface area contributed by atoms with Crippen LogP contribution in [0.4, 0.5) is 5.69 Å². The van der Waals surface area contributed by atoms with Crippen molar-refractivity contribution >= 4 is 29.2 Å². The van der Waals surface area contributed by atoms with Gasteiger partial charge in [-0.25, -0.2) is 4.79 Å².